The Labute approximate surface area is 195 Å². The van der Waals surface area contributed by atoms with E-state index in [0.29, 0.717) is 13.1 Å². The molecule has 2 heterocycles. The molecule has 0 spiro atoms. The number of likely N-dealkylation sites (tertiary alicyclic amines) is 1. The number of amides is 1. The molecule has 2 aliphatic heterocycles. The van der Waals surface area contributed by atoms with Crippen molar-refractivity contribution in [3.63, 3.8) is 0 Å². The number of carbonyl (C=O) groups excluding carboxylic acids is 1. The van der Waals surface area contributed by atoms with Crippen LogP contribution in [0.5, 0.6) is 0 Å². The number of nitrogens with zero attached hydrogens (tertiary/aromatic N) is 3. The van der Waals surface area contributed by atoms with Crippen LogP contribution in [0.4, 0.5) is 18.0 Å². The minimum absolute atomic E-state index is 0.0243. The van der Waals surface area contributed by atoms with Gasteiger partial charge in [-0.2, -0.15) is 13.2 Å². The summed E-state index contributed by atoms with van der Waals surface area (Å²) in [6.07, 6.45) is -2.76. The predicted molar refractivity (Wildman–Crippen MR) is 123 cm³/mol. The third kappa shape index (κ3) is 6.21. The molecular weight excluding hydrogens is 431 g/mol. The standard InChI is InChI=1S/C25H38F3N3O2/c1-18-17-30(24(6)11-13-29(14-12-24)22(32)33-23(3,4)5)15-16-31(18)19(2)20-7-9-21(10-8-20)25(26,27)28/h7-10,18-19H,11-17H2,1-6H3/t18-,19-/m0/s1. The summed E-state index contributed by atoms with van der Waals surface area (Å²) in [7, 11) is 0. The molecule has 1 aromatic rings. The molecule has 1 aromatic carbocycles. The van der Waals surface area contributed by atoms with Gasteiger partial charge >= 0.3 is 12.3 Å². The maximum absolute atomic E-state index is 12.9. The lowest BCUT2D eigenvalue weighted by Gasteiger charge is -2.52. The van der Waals surface area contributed by atoms with Gasteiger partial charge in [-0.25, -0.2) is 4.79 Å². The summed E-state index contributed by atoms with van der Waals surface area (Å²) in [6, 6.07) is 5.86. The molecule has 0 unspecified atom stereocenters. The monoisotopic (exact) mass is 469 g/mol. The molecule has 2 atom stereocenters. The Kier molecular flexibility index (Phi) is 7.39. The average molecular weight is 470 g/mol. The number of alkyl halides is 3. The van der Waals surface area contributed by atoms with E-state index in [4.69, 9.17) is 4.74 Å². The molecule has 0 N–H and O–H groups in total. The number of piperazine rings is 1. The zero-order chi connectivity index (χ0) is 24.6. The SMILES string of the molecule is C[C@H]1CN(C2(C)CCN(C(=O)OC(C)(C)C)CC2)CCN1[C@@H](C)c1ccc(C(F)(F)F)cc1. The van der Waals surface area contributed by atoms with Crippen molar-refractivity contribution in [3.8, 4) is 0 Å². The summed E-state index contributed by atoms with van der Waals surface area (Å²) in [5, 5.41) is 0. The molecule has 2 aliphatic rings. The van der Waals surface area contributed by atoms with Gasteiger partial charge in [0.2, 0.25) is 0 Å². The molecule has 5 nitrogen and oxygen atoms in total. The third-order valence-corrected chi connectivity index (χ3v) is 7.15. The first-order chi connectivity index (χ1) is 15.2. The number of piperidine rings is 1. The Morgan fingerprint density at radius 2 is 1.64 bits per heavy atom. The number of ether oxygens (including phenoxy) is 1. The molecule has 8 heteroatoms. The van der Waals surface area contributed by atoms with Gasteiger partial charge in [-0.05, 0) is 72.1 Å². The second kappa shape index (κ2) is 9.45. The molecule has 1 amide bonds. The normalized spacial score (nSPS) is 23.9. The van der Waals surface area contributed by atoms with Crippen molar-refractivity contribution in [2.24, 2.45) is 0 Å². The summed E-state index contributed by atoms with van der Waals surface area (Å²) in [4.78, 5) is 19.1. The van der Waals surface area contributed by atoms with E-state index in [1.54, 1.807) is 17.0 Å². The van der Waals surface area contributed by atoms with Crippen LogP contribution in [0.25, 0.3) is 0 Å². The quantitative estimate of drug-likeness (QED) is 0.581. The van der Waals surface area contributed by atoms with Crippen LogP contribution in [0, 0.1) is 0 Å². The fraction of sp³-hybridized carbons (Fsp3) is 0.720. The maximum atomic E-state index is 12.9. The molecule has 2 saturated heterocycles. The van der Waals surface area contributed by atoms with Crippen molar-refractivity contribution in [1.29, 1.82) is 0 Å². The summed E-state index contributed by atoms with van der Waals surface area (Å²) in [6.45, 7) is 16.2. The van der Waals surface area contributed by atoms with Crippen molar-refractivity contribution in [1.82, 2.24) is 14.7 Å². The van der Waals surface area contributed by atoms with Crippen LogP contribution in [-0.2, 0) is 10.9 Å². The molecule has 0 saturated carbocycles. The Balaban J connectivity index is 1.57. The average Bonchev–Trinajstić information content (AvgIpc) is 2.72. The number of rotatable bonds is 3. The summed E-state index contributed by atoms with van der Waals surface area (Å²) >= 11 is 0. The summed E-state index contributed by atoms with van der Waals surface area (Å²) in [5.41, 5.74) is -0.175. The fourth-order valence-electron chi connectivity index (χ4n) is 4.99. The van der Waals surface area contributed by atoms with Gasteiger partial charge < -0.3 is 9.64 Å². The van der Waals surface area contributed by atoms with E-state index >= 15 is 0 Å². The zero-order valence-electron chi connectivity index (χ0n) is 20.7. The molecule has 3 rings (SSSR count). The minimum atomic E-state index is -4.31. The molecule has 2 fully saturated rings. The molecule has 0 radical (unpaired) electrons. The van der Waals surface area contributed by atoms with Crippen LogP contribution < -0.4 is 0 Å². The van der Waals surface area contributed by atoms with Crippen LogP contribution in [0.3, 0.4) is 0 Å². The number of halogens is 3. The van der Waals surface area contributed by atoms with Crippen LogP contribution in [0.2, 0.25) is 0 Å². The first kappa shape index (κ1) is 25.8. The van der Waals surface area contributed by atoms with Crippen LogP contribution in [-0.4, -0.2) is 70.7 Å². The van der Waals surface area contributed by atoms with Crippen LogP contribution >= 0.6 is 0 Å². The number of hydrogen-bond donors (Lipinski definition) is 0. The number of hydrogen-bond acceptors (Lipinski definition) is 4. The lowest BCUT2D eigenvalue weighted by molar-refractivity contribution is -0.137. The Morgan fingerprint density at radius 1 is 1.06 bits per heavy atom. The fourth-order valence-corrected chi connectivity index (χ4v) is 4.99. The molecule has 0 bridgehead atoms. The van der Waals surface area contributed by atoms with E-state index in [1.165, 1.54) is 12.1 Å². The van der Waals surface area contributed by atoms with Crippen molar-refractivity contribution in [3.05, 3.63) is 35.4 Å². The van der Waals surface area contributed by atoms with Gasteiger partial charge in [-0.3, -0.25) is 9.80 Å². The predicted octanol–water partition coefficient (Wildman–Crippen LogP) is 5.56. The van der Waals surface area contributed by atoms with Crippen molar-refractivity contribution in [2.75, 3.05) is 32.7 Å². The second-order valence-electron chi connectivity index (χ2n) is 10.8. The number of benzene rings is 1. The highest BCUT2D eigenvalue weighted by atomic mass is 19.4. The Hall–Kier alpha value is -1.80. The molecule has 0 aliphatic carbocycles. The first-order valence-corrected chi connectivity index (χ1v) is 11.9. The van der Waals surface area contributed by atoms with Gasteiger partial charge in [0.15, 0.2) is 0 Å². The first-order valence-electron chi connectivity index (χ1n) is 11.9. The second-order valence-corrected chi connectivity index (χ2v) is 10.8. The van der Waals surface area contributed by atoms with E-state index < -0.39 is 17.3 Å². The van der Waals surface area contributed by atoms with Gasteiger partial charge in [-0.1, -0.05) is 12.1 Å². The third-order valence-electron chi connectivity index (χ3n) is 7.15. The van der Waals surface area contributed by atoms with Gasteiger partial charge in [0.05, 0.1) is 5.56 Å². The summed E-state index contributed by atoms with van der Waals surface area (Å²) < 4.78 is 44.2. The summed E-state index contributed by atoms with van der Waals surface area (Å²) in [5.74, 6) is 0. The highest BCUT2D eigenvalue weighted by Crippen LogP contribution is 2.35. The largest absolute Gasteiger partial charge is 0.444 e. The molecule has 186 valence electrons. The van der Waals surface area contributed by atoms with Crippen molar-refractivity contribution >= 4 is 6.09 Å². The maximum Gasteiger partial charge on any atom is 0.416 e. The lowest BCUT2D eigenvalue weighted by atomic mass is 9.86. The zero-order valence-corrected chi connectivity index (χ0v) is 20.7. The van der Waals surface area contributed by atoms with Gasteiger partial charge in [0, 0.05) is 50.3 Å². The van der Waals surface area contributed by atoms with E-state index in [1.807, 2.05) is 20.8 Å². The van der Waals surface area contributed by atoms with Crippen LogP contribution in [0.15, 0.2) is 24.3 Å². The van der Waals surface area contributed by atoms with E-state index in [2.05, 4.69) is 30.6 Å². The molecule has 0 aromatic heterocycles. The number of carbonyl (C=O) groups is 1. The van der Waals surface area contributed by atoms with Gasteiger partial charge in [0.25, 0.3) is 0 Å². The van der Waals surface area contributed by atoms with E-state index in [0.717, 1.165) is 38.0 Å². The smallest absolute Gasteiger partial charge is 0.416 e. The van der Waals surface area contributed by atoms with E-state index in [-0.39, 0.29) is 23.7 Å². The molecular formula is C25H38F3N3O2. The van der Waals surface area contributed by atoms with Gasteiger partial charge in [-0.15, -0.1) is 0 Å². The Bertz CT molecular complexity index is 812. The van der Waals surface area contributed by atoms with Crippen molar-refractivity contribution in [2.45, 2.75) is 83.8 Å². The Morgan fingerprint density at radius 3 is 2.12 bits per heavy atom. The van der Waals surface area contributed by atoms with E-state index in [9.17, 15) is 18.0 Å². The highest BCUT2D eigenvalue weighted by molar-refractivity contribution is 5.68. The topological polar surface area (TPSA) is 36.0 Å². The van der Waals surface area contributed by atoms with Crippen molar-refractivity contribution < 1.29 is 22.7 Å². The highest BCUT2D eigenvalue weighted by Gasteiger charge is 2.41. The van der Waals surface area contributed by atoms with Gasteiger partial charge in [0.1, 0.15) is 5.60 Å². The molecule has 33 heavy (non-hydrogen) atoms. The lowest BCUT2D eigenvalue weighted by Crippen LogP contribution is -2.62. The minimum Gasteiger partial charge on any atom is -0.444 e. The van der Waals surface area contributed by atoms with Crippen LogP contribution in [0.1, 0.15) is 71.6 Å².